The van der Waals surface area contributed by atoms with Gasteiger partial charge in [0.1, 0.15) is 11.9 Å². The Morgan fingerprint density at radius 3 is 2.50 bits per heavy atom. The summed E-state index contributed by atoms with van der Waals surface area (Å²) in [4.78, 5) is 12.9. The van der Waals surface area contributed by atoms with Crippen molar-refractivity contribution in [2.75, 3.05) is 11.1 Å². The first-order valence-electron chi connectivity index (χ1n) is 10.6. The summed E-state index contributed by atoms with van der Waals surface area (Å²) in [7, 11) is 1.86. The number of rotatable bonds is 7. The quantitative estimate of drug-likeness (QED) is 0.359. The van der Waals surface area contributed by atoms with Crippen molar-refractivity contribution in [3.63, 3.8) is 0 Å². The van der Waals surface area contributed by atoms with E-state index in [-0.39, 0.29) is 11.7 Å². The van der Waals surface area contributed by atoms with Gasteiger partial charge in [0.2, 0.25) is 5.91 Å². The third-order valence-electron chi connectivity index (χ3n) is 5.65. The van der Waals surface area contributed by atoms with Crippen molar-refractivity contribution in [1.82, 2.24) is 19.3 Å². The van der Waals surface area contributed by atoms with E-state index in [0.717, 1.165) is 22.4 Å². The Labute approximate surface area is 207 Å². The topological polar surface area (TPSA) is 88.5 Å². The Morgan fingerprint density at radius 2 is 1.82 bits per heavy atom. The van der Waals surface area contributed by atoms with Crippen molar-refractivity contribution >= 4 is 35.1 Å². The fourth-order valence-corrected chi connectivity index (χ4v) is 4.52. The molecule has 0 aliphatic rings. The van der Waals surface area contributed by atoms with E-state index in [1.165, 1.54) is 11.8 Å². The SMILES string of the molecule is Cc1c(C#N)c(NC(=O)CSc2nnc(-c3ccc(Cl)cc3)n2C)n(Cc2ccccc2)c1C. The number of anilines is 1. The largest absolute Gasteiger partial charge is 0.326 e. The molecule has 0 aliphatic heterocycles. The second kappa shape index (κ2) is 10.2. The molecule has 4 rings (SSSR count). The minimum Gasteiger partial charge on any atom is -0.326 e. The number of nitrogens with one attached hydrogen (secondary N) is 1. The Bertz CT molecular complexity index is 1370. The Kier molecular flexibility index (Phi) is 7.06. The number of carbonyl (C=O) groups is 1. The summed E-state index contributed by atoms with van der Waals surface area (Å²) in [5.74, 6) is 1.12. The number of hydrogen-bond acceptors (Lipinski definition) is 5. The van der Waals surface area contributed by atoms with Gasteiger partial charge in [-0.3, -0.25) is 4.79 Å². The average Bonchev–Trinajstić information content (AvgIpc) is 3.31. The summed E-state index contributed by atoms with van der Waals surface area (Å²) in [5.41, 5.74) is 4.27. The summed E-state index contributed by atoms with van der Waals surface area (Å²) in [6.07, 6.45) is 0. The first-order valence-corrected chi connectivity index (χ1v) is 12.0. The summed E-state index contributed by atoms with van der Waals surface area (Å²) in [6, 6.07) is 19.5. The third-order valence-corrected chi connectivity index (χ3v) is 6.92. The zero-order chi connectivity index (χ0) is 24.2. The van der Waals surface area contributed by atoms with Gasteiger partial charge in [0.25, 0.3) is 0 Å². The monoisotopic (exact) mass is 490 g/mol. The molecule has 4 aromatic rings. The Balaban J connectivity index is 1.50. The molecule has 0 saturated heterocycles. The number of amides is 1. The second-order valence-corrected chi connectivity index (χ2v) is 9.21. The van der Waals surface area contributed by atoms with E-state index in [2.05, 4.69) is 21.6 Å². The van der Waals surface area contributed by atoms with Gasteiger partial charge in [-0.1, -0.05) is 53.7 Å². The molecular formula is C25H23ClN6OS. The highest BCUT2D eigenvalue weighted by atomic mass is 35.5. The highest BCUT2D eigenvalue weighted by molar-refractivity contribution is 7.99. The first-order chi connectivity index (χ1) is 16.4. The van der Waals surface area contributed by atoms with Crippen LogP contribution in [0.15, 0.2) is 59.8 Å². The highest BCUT2D eigenvalue weighted by Gasteiger charge is 2.20. The van der Waals surface area contributed by atoms with Crippen LogP contribution in [0.1, 0.15) is 22.4 Å². The lowest BCUT2D eigenvalue weighted by Gasteiger charge is -2.13. The zero-order valence-electron chi connectivity index (χ0n) is 19.0. The molecule has 0 saturated carbocycles. The van der Waals surface area contributed by atoms with Crippen LogP contribution in [0.25, 0.3) is 11.4 Å². The molecule has 34 heavy (non-hydrogen) atoms. The van der Waals surface area contributed by atoms with E-state index >= 15 is 0 Å². The van der Waals surface area contributed by atoms with Crippen LogP contribution in [0.3, 0.4) is 0 Å². The molecule has 2 aromatic heterocycles. The molecule has 1 N–H and O–H groups in total. The lowest BCUT2D eigenvalue weighted by Crippen LogP contribution is -2.19. The minimum atomic E-state index is -0.218. The van der Waals surface area contributed by atoms with Crippen molar-refractivity contribution in [2.24, 2.45) is 7.05 Å². The third kappa shape index (κ3) is 4.86. The predicted molar refractivity (Wildman–Crippen MR) is 135 cm³/mol. The van der Waals surface area contributed by atoms with Crippen LogP contribution in [0.5, 0.6) is 0 Å². The lowest BCUT2D eigenvalue weighted by molar-refractivity contribution is -0.113. The van der Waals surface area contributed by atoms with Gasteiger partial charge in [-0.25, -0.2) is 0 Å². The molecule has 0 radical (unpaired) electrons. The second-order valence-electron chi connectivity index (χ2n) is 7.83. The molecule has 0 spiro atoms. The summed E-state index contributed by atoms with van der Waals surface area (Å²) in [5, 5.41) is 22.4. The van der Waals surface area contributed by atoms with Crippen LogP contribution in [-0.2, 0) is 18.4 Å². The number of nitriles is 1. The van der Waals surface area contributed by atoms with Crippen molar-refractivity contribution in [3.05, 3.63) is 82.0 Å². The van der Waals surface area contributed by atoms with Crippen molar-refractivity contribution in [1.29, 1.82) is 5.26 Å². The van der Waals surface area contributed by atoms with Crippen molar-refractivity contribution in [2.45, 2.75) is 25.5 Å². The van der Waals surface area contributed by atoms with Crippen LogP contribution in [0.2, 0.25) is 5.02 Å². The number of hydrogen-bond donors (Lipinski definition) is 1. The van der Waals surface area contributed by atoms with Crippen LogP contribution in [0.4, 0.5) is 5.82 Å². The van der Waals surface area contributed by atoms with E-state index in [1.807, 2.05) is 72.5 Å². The highest BCUT2D eigenvalue weighted by Crippen LogP contribution is 2.28. The number of halogens is 1. The summed E-state index contributed by atoms with van der Waals surface area (Å²) < 4.78 is 3.82. The molecule has 0 atom stereocenters. The molecular weight excluding hydrogens is 468 g/mol. The fraction of sp³-hybridized carbons (Fsp3) is 0.200. The Hall–Kier alpha value is -3.54. The number of aromatic nitrogens is 4. The minimum absolute atomic E-state index is 0.131. The van der Waals surface area contributed by atoms with Gasteiger partial charge in [0.15, 0.2) is 11.0 Å². The van der Waals surface area contributed by atoms with E-state index in [1.54, 1.807) is 12.1 Å². The predicted octanol–water partition coefficient (Wildman–Crippen LogP) is 5.20. The first kappa shape index (κ1) is 23.6. The van der Waals surface area contributed by atoms with Gasteiger partial charge in [-0.05, 0) is 49.2 Å². The number of benzene rings is 2. The molecule has 7 nitrogen and oxygen atoms in total. The normalized spacial score (nSPS) is 10.8. The molecule has 0 fully saturated rings. The molecule has 1 amide bonds. The standard InChI is InChI=1S/C25H23ClN6OS/c1-16-17(2)32(14-18-7-5-4-6-8-18)24(21(16)13-27)28-22(33)15-34-25-30-29-23(31(25)3)19-9-11-20(26)12-10-19/h4-12H,14-15H2,1-3H3,(H,28,33). The van der Waals surface area contributed by atoms with E-state index in [0.29, 0.717) is 33.9 Å². The maximum atomic E-state index is 12.9. The van der Waals surface area contributed by atoms with Gasteiger partial charge < -0.3 is 14.5 Å². The van der Waals surface area contributed by atoms with Gasteiger partial charge in [-0.2, -0.15) is 5.26 Å². The number of nitrogens with zero attached hydrogens (tertiary/aromatic N) is 5. The van der Waals surface area contributed by atoms with Gasteiger partial charge >= 0.3 is 0 Å². The van der Waals surface area contributed by atoms with Crippen LogP contribution in [0, 0.1) is 25.2 Å². The van der Waals surface area contributed by atoms with Gasteiger partial charge in [0, 0.05) is 29.9 Å². The number of carbonyl (C=O) groups excluding carboxylic acids is 1. The molecule has 0 unspecified atom stereocenters. The molecule has 172 valence electrons. The lowest BCUT2D eigenvalue weighted by atomic mass is 10.2. The average molecular weight is 491 g/mol. The summed E-state index contributed by atoms with van der Waals surface area (Å²) >= 11 is 7.26. The maximum Gasteiger partial charge on any atom is 0.235 e. The van der Waals surface area contributed by atoms with Crippen molar-refractivity contribution in [3.8, 4) is 17.5 Å². The number of thioether (sulfide) groups is 1. The van der Waals surface area contributed by atoms with E-state index in [4.69, 9.17) is 11.6 Å². The fourth-order valence-electron chi connectivity index (χ4n) is 3.68. The summed E-state index contributed by atoms with van der Waals surface area (Å²) in [6.45, 7) is 4.42. The van der Waals surface area contributed by atoms with Crippen LogP contribution >= 0.6 is 23.4 Å². The molecule has 0 bridgehead atoms. The molecule has 9 heteroatoms. The molecule has 2 aromatic carbocycles. The zero-order valence-corrected chi connectivity index (χ0v) is 20.6. The van der Waals surface area contributed by atoms with Gasteiger partial charge in [0.05, 0.1) is 11.3 Å². The van der Waals surface area contributed by atoms with E-state index in [9.17, 15) is 10.1 Å². The molecule has 0 aliphatic carbocycles. The molecule has 2 heterocycles. The maximum absolute atomic E-state index is 12.9. The van der Waals surface area contributed by atoms with Crippen LogP contribution < -0.4 is 5.32 Å². The Morgan fingerprint density at radius 1 is 1.12 bits per heavy atom. The van der Waals surface area contributed by atoms with Gasteiger partial charge in [-0.15, -0.1) is 10.2 Å². The smallest absolute Gasteiger partial charge is 0.235 e. The van der Waals surface area contributed by atoms with Crippen molar-refractivity contribution < 1.29 is 4.79 Å². The van der Waals surface area contributed by atoms with Crippen LogP contribution in [-0.4, -0.2) is 31.0 Å². The van der Waals surface area contributed by atoms with E-state index < -0.39 is 0 Å².